The fourth-order valence-corrected chi connectivity index (χ4v) is 4.48. The highest BCUT2D eigenvalue weighted by Crippen LogP contribution is 2.37. The Hall–Kier alpha value is -2.66. The van der Waals surface area contributed by atoms with Crippen LogP contribution in [0.5, 0.6) is 0 Å². The lowest BCUT2D eigenvalue weighted by atomic mass is 10.1. The van der Waals surface area contributed by atoms with E-state index in [1.54, 1.807) is 13.8 Å². The molecule has 8 nitrogen and oxygen atoms in total. The highest BCUT2D eigenvalue weighted by Gasteiger charge is 2.23. The first-order valence-electron chi connectivity index (χ1n) is 11.5. The first-order chi connectivity index (χ1) is 16.4. The lowest BCUT2D eigenvalue weighted by Crippen LogP contribution is -2.34. The van der Waals surface area contributed by atoms with Gasteiger partial charge in [0.15, 0.2) is 5.01 Å². The van der Waals surface area contributed by atoms with Gasteiger partial charge in [0.2, 0.25) is 6.41 Å². The molecular weight excluding hydrogens is 476 g/mol. The van der Waals surface area contributed by atoms with Gasteiger partial charge in [-0.15, -0.1) is 11.3 Å². The molecule has 2 unspecified atom stereocenters. The highest BCUT2D eigenvalue weighted by molar-refractivity contribution is 7.17. The van der Waals surface area contributed by atoms with Gasteiger partial charge in [0.05, 0.1) is 17.2 Å². The van der Waals surface area contributed by atoms with Gasteiger partial charge in [-0.1, -0.05) is 0 Å². The minimum Gasteiger partial charge on any atom is -0.394 e. The van der Waals surface area contributed by atoms with E-state index in [0.29, 0.717) is 22.4 Å². The van der Waals surface area contributed by atoms with Gasteiger partial charge >= 0.3 is 0 Å². The number of rotatable bonds is 7. The predicted octanol–water partition coefficient (Wildman–Crippen LogP) is 4.40. The molecule has 0 bridgehead atoms. The van der Waals surface area contributed by atoms with Crippen molar-refractivity contribution in [2.45, 2.75) is 78.4 Å². The SMILES string of the molecule is CC1CCCN1C=O.Cc1nc(C(=O)NC(C)CO)sc1-c1cnc(NC(C)(C)C)cc1C(F)F. The minimum absolute atomic E-state index is 0.153. The van der Waals surface area contributed by atoms with Crippen molar-refractivity contribution in [3.63, 3.8) is 0 Å². The molecular formula is C24H35F2N5O3S. The number of carbonyl (C=O) groups is 2. The van der Waals surface area contributed by atoms with E-state index in [1.807, 2.05) is 25.7 Å². The average Bonchev–Trinajstić information content (AvgIpc) is 3.37. The lowest BCUT2D eigenvalue weighted by molar-refractivity contribution is -0.118. The summed E-state index contributed by atoms with van der Waals surface area (Å²) >= 11 is 1.03. The molecule has 1 aliphatic heterocycles. The standard InChI is InChI=1S/C18H24F2N4O2S.C6H11NO/c1-9(8-25)22-16(26)17-23-10(2)14(27-17)12-7-21-13(24-18(3,4)5)6-11(12)15(19)20;1-6-3-2-4-7(6)5-8/h6-7,9,15,25H,8H2,1-5H3,(H,21,24)(H,22,26);5-6H,2-4H2,1H3. The molecule has 0 aromatic carbocycles. The molecule has 0 spiro atoms. The Morgan fingerprint density at radius 2 is 2.09 bits per heavy atom. The monoisotopic (exact) mass is 511 g/mol. The average molecular weight is 512 g/mol. The van der Waals surface area contributed by atoms with Crippen LogP contribution in [-0.2, 0) is 4.79 Å². The summed E-state index contributed by atoms with van der Waals surface area (Å²) in [6, 6.07) is 1.40. The molecule has 0 saturated carbocycles. The topological polar surface area (TPSA) is 107 Å². The van der Waals surface area contributed by atoms with E-state index in [1.165, 1.54) is 25.1 Å². The van der Waals surface area contributed by atoms with Crippen molar-refractivity contribution in [1.29, 1.82) is 0 Å². The number of aliphatic hydroxyl groups is 1. The number of likely N-dealkylation sites (tertiary alicyclic amines) is 1. The molecule has 2 aromatic heterocycles. The predicted molar refractivity (Wildman–Crippen MR) is 134 cm³/mol. The van der Waals surface area contributed by atoms with Gasteiger partial charge < -0.3 is 20.6 Å². The number of carbonyl (C=O) groups excluding carboxylic acids is 2. The zero-order valence-electron chi connectivity index (χ0n) is 21.1. The van der Waals surface area contributed by atoms with Crippen LogP contribution >= 0.6 is 11.3 Å². The number of aliphatic hydroxyl groups excluding tert-OH is 1. The summed E-state index contributed by atoms with van der Waals surface area (Å²) < 4.78 is 27.3. The third-order valence-corrected chi connectivity index (χ3v) is 6.49. The summed E-state index contributed by atoms with van der Waals surface area (Å²) in [5, 5.41) is 14.9. The van der Waals surface area contributed by atoms with Crippen LogP contribution in [0.15, 0.2) is 12.3 Å². The number of hydrogen-bond donors (Lipinski definition) is 3. The molecule has 3 rings (SSSR count). The Morgan fingerprint density at radius 3 is 2.57 bits per heavy atom. The van der Waals surface area contributed by atoms with Crippen molar-refractivity contribution in [3.05, 3.63) is 28.5 Å². The van der Waals surface area contributed by atoms with E-state index in [2.05, 4.69) is 27.5 Å². The quantitative estimate of drug-likeness (QED) is 0.476. The Morgan fingerprint density at radius 1 is 1.40 bits per heavy atom. The zero-order chi connectivity index (χ0) is 26.3. The fourth-order valence-electron chi connectivity index (χ4n) is 3.48. The van der Waals surface area contributed by atoms with Gasteiger partial charge in [-0.2, -0.15) is 0 Å². The lowest BCUT2D eigenvalue weighted by Gasteiger charge is -2.22. The molecule has 3 heterocycles. The number of amides is 2. The van der Waals surface area contributed by atoms with Crippen LogP contribution in [0, 0.1) is 6.92 Å². The maximum absolute atomic E-state index is 13.7. The zero-order valence-corrected chi connectivity index (χ0v) is 21.9. The van der Waals surface area contributed by atoms with Gasteiger partial charge in [-0.05, 0) is 60.5 Å². The van der Waals surface area contributed by atoms with Crippen LogP contribution in [0.2, 0.25) is 0 Å². The summed E-state index contributed by atoms with van der Waals surface area (Å²) in [4.78, 5) is 33.1. The van der Waals surface area contributed by atoms with Crippen LogP contribution in [0.3, 0.4) is 0 Å². The number of nitrogens with zero attached hydrogens (tertiary/aromatic N) is 3. The molecule has 1 aliphatic rings. The maximum atomic E-state index is 13.7. The summed E-state index contributed by atoms with van der Waals surface area (Å²) in [5.74, 6) is -0.0908. The van der Waals surface area contributed by atoms with Gasteiger partial charge in [-0.25, -0.2) is 18.7 Å². The molecule has 3 N–H and O–H groups in total. The number of nitrogens with one attached hydrogen (secondary N) is 2. The van der Waals surface area contributed by atoms with Crippen LogP contribution in [0.4, 0.5) is 14.6 Å². The van der Waals surface area contributed by atoms with Gasteiger partial charge in [0.25, 0.3) is 12.3 Å². The van der Waals surface area contributed by atoms with Crippen LogP contribution in [0.25, 0.3) is 10.4 Å². The molecule has 2 amide bonds. The summed E-state index contributed by atoms with van der Waals surface area (Å²) in [6.45, 7) is 11.9. The van der Waals surface area contributed by atoms with Crippen molar-refractivity contribution in [2.75, 3.05) is 18.5 Å². The Kier molecular flexibility index (Phi) is 10.1. The molecule has 2 aromatic rings. The molecule has 1 saturated heterocycles. The number of pyridine rings is 1. The van der Waals surface area contributed by atoms with E-state index < -0.39 is 18.4 Å². The van der Waals surface area contributed by atoms with Crippen molar-refractivity contribution in [3.8, 4) is 10.4 Å². The summed E-state index contributed by atoms with van der Waals surface area (Å²) in [6.07, 6.45) is 1.99. The van der Waals surface area contributed by atoms with Crippen LogP contribution in [-0.4, -0.2) is 63.1 Å². The van der Waals surface area contributed by atoms with Gasteiger partial charge in [0, 0.05) is 41.5 Å². The summed E-state index contributed by atoms with van der Waals surface area (Å²) in [5.41, 5.74) is 0.248. The van der Waals surface area contributed by atoms with Crippen LogP contribution < -0.4 is 10.6 Å². The Labute approximate surface area is 209 Å². The van der Waals surface area contributed by atoms with Crippen molar-refractivity contribution >= 4 is 29.5 Å². The fraction of sp³-hybridized carbons (Fsp3) is 0.583. The number of aromatic nitrogens is 2. The molecule has 0 aliphatic carbocycles. The molecule has 0 radical (unpaired) electrons. The number of thiazole rings is 1. The first kappa shape index (κ1) is 28.6. The Bertz CT molecular complexity index is 1010. The van der Waals surface area contributed by atoms with Gasteiger partial charge in [-0.3, -0.25) is 9.59 Å². The molecule has 35 heavy (non-hydrogen) atoms. The molecule has 2 atom stereocenters. The second kappa shape index (κ2) is 12.3. The molecule has 11 heteroatoms. The Balaban J connectivity index is 0.000000456. The second-order valence-corrected chi connectivity index (χ2v) is 10.7. The minimum atomic E-state index is -2.70. The van der Waals surface area contributed by atoms with E-state index in [0.717, 1.165) is 24.3 Å². The van der Waals surface area contributed by atoms with E-state index in [-0.39, 0.29) is 28.3 Å². The van der Waals surface area contributed by atoms with Gasteiger partial charge in [0.1, 0.15) is 5.82 Å². The second-order valence-electron chi connectivity index (χ2n) is 9.66. The normalized spacial score (nSPS) is 16.5. The largest absolute Gasteiger partial charge is 0.394 e. The van der Waals surface area contributed by atoms with E-state index >= 15 is 0 Å². The number of halogens is 2. The van der Waals surface area contributed by atoms with E-state index in [9.17, 15) is 18.4 Å². The third-order valence-electron chi connectivity index (χ3n) is 5.30. The van der Waals surface area contributed by atoms with Crippen molar-refractivity contribution < 1.29 is 23.5 Å². The molecule has 194 valence electrons. The van der Waals surface area contributed by atoms with E-state index in [4.69, 9.17) is 5.11 Å². The number of anilines is 1. The number of hydrogen-bond acceptors (Lipinski definition) is 7. The summed E-state index contributed by atoms with van der Waals surface area (Å²) in [7, 11) is 0. The van der Waals surface area contributed by atoms with Crippen LogP contribution in [0.1, 0.15) is 74.9 Å². The van der Waals surface area contributed by atoms with Crippen molar-refractivity contribution in [1.82, 2.24) is 20.2 Å². The highest BCUT2D eigenvalue weighted by atomic mass is 32.1. The first-order valence-corrected chi connectivity index (χ1v) is 12.3. The molecule has 1 fully saturated rings. The number of aryl methyl sites for hydroxylation is 1. The maximum Gasteiger partial charge on any atom is 0.280 e. The third kappa shape index (κ3) is 8.21. The smallest absolute Gasteiger partial charge is 0.280 e. The number of alkyl halides is 2. The van der Waals surface area contributed by atoms with Crippen molar-refractivity contribution in [2.24, 2.45) is 0 Å².